The van der Waals surface area contributed by atoms with E-state index in [-0.39, 0.29) is 36.3 Å². The van der Waals surface area contributed by atoms with Crippen molar-refractivity contribution in [1.82, 2.24) is 25.5 Å². The molecule has 2 aromatic carbocycles. The standard InChI is InChI=1S/C19H18F3N5O/c1-13(14-6-3-2-4-7-14)23-17(28)10-11-27-25-18(24-26-27)15-8-5-9-16(12-15)19(20,21)22/h2-9,12-13H,10-11H2,1H3,(H,23,28)/t13-/m1/s1. The maximum Gasteiger partial charge on any atom is 0.416 e. The molecule has 146 valence electrons. The van der Waals surface area contributed by atoms with Crippen molar-refractivity contribution in [2.45, 2.75) is 32.1 Å². The lowest BCUT2D eigenvalue weighted by Crippen LogP contribution is -2.27. The van der Waals surface area contributed by atoms with Crippen LogP contribution in [0.4, 0.5) is 13.2 Å². The van der Waals surface area contributed by atoms with E-state index < -0.39 is 11.7 Å². The first-order valence-electron chi connectivity index (χ1n) is 8.62. The van der Waals surface area contributed by atoms with E-state index in [4.69, 9.17) is 0 Å². The van der Waals surface area contributed by atoms with Crippen LogP contribution in [-0.2, 0) is 17.5 Å². The predicted octanol–water partition coefficient (Wildman–Crippen LogP) is 3.63. The lowest BCUT2D eigenvalue weighted by atomic mass is 10.1. The molecule has 0 aliphatic rings. The molecule has 0 aliphatic carbocycles. The second-order valence-electron chi connectivity index (χ2n) is 6.24. The Morgan fingerprint density at radius 3 is 2.61 bits per heavy atom. The highest BCUT2D eigenvalue weighted by Crippen LogP contribution is 2.31. The largest absolute Gasteiger partial charge is 0.416 e. The molecule has 1 atom stereocenters. The number of benzene rings is 2. The topological polar surface area (TPSA) is 72.7 Å². The van der Waals surface area contributed by atoms with Crippen LogP contribution in [0.3, 0.4) is 0 Å². The third kappa shape index (κ3) is 4.93. The number of carbonyl (C=O) groups excluding carboxylic acids is 1. The lowest BCUT2D eigenvalue weighted by molar-refractivity contribution is -0.137. The fourth-order valence-corrected chi connectivity index (χ4v) is 2.63. The average molecular weight is 389 g/mol. The van der Waals surface area contributed by atoms with Gasteiger partial charge in [-0.2, -0.15) is 18.0 Å². The van der Waals surface area contributed by atoms with Gasteiger partial charge in [0.05, 0.1) is 18.2 Å². The van der Waals surface area contributed by atoms with E-state index >= 15 is 0 Å². The first-order chi connectivity index (χ1) is 13.3. The Hall–Kier alpha value is -3.23. The van der Waals surface area contributed by atoms with Crippen LogP contribution in [0.15, 0.2) is 54.6 Å². The highest BCUT2D eigenvalue weighted by Gasteiger charge is 2.30. The minimum atomic E-state index is -4.44. The summed E-state index contributed by atoms with van der Waals surface area (Å²) in [6.07, 6.45) is -4.32. The first kappa shape index (κ1) is 19.5. The molecule has 1 N–H and O–H groups in total. The molecule has 0 radical (unpaired) electrons. The van der Waals surface area contributed by atoms with Crippen LogP contribution in [0.5, 0.6) is 0 Å². The molecule has 0 saturated heterocycles. The summed E-state index contributed by atoms with van der Waals surface area (Å²) in [5, 5.41) is 14.5. The fourth-order valence-electron chi connectivity index (χ4n) is 2.63. The monoisotopic (exact) mass is 389 g/mol. The molecule has 0 fully saturated rings. The third-order valence-electron chi connectivity index (χ3n) is 4.12. The number of aryl methyl sites for hydroxylation is 1. The molecule has 9 heteroatoms. The van der Waals surface area contributed by atoms with Gasteiger partial charge in [-0.3, -0.25) is 4.79 Å². The van der Waals surface area contributed by atoms with Crippen LogP contribution in [0, 0.1) is 0 Å². The fraction of sp³-hybridized carbons (Fsp3) is 0.263. The highest BCUT2D eigenvalue weighted by atomic mass is 19.4. The zero-order valence-electron chi connectivity index (χ0n) is 15.0. The summed E-state index contributed by atoms with van der Waals surface area (Å²) in [4.78, 5) is 13.3. The Morgan fingerprint density at radius 1 is 1.14 bits per heavy atom. The Labute approximate surface area is 159 Å². The van der Waals surface area contributed by atoms with Crippen molar-refractivity contribution in [3.63, 3.8) is 0 Å². The molecule has 3 rings (SSSR count). The Morgan fingerprint density at radius 2 is 1.89 bits per heavy atom. The van der Waals surface area contributed by atoms with Crippen LogP contribution in [-0.4, -0.2) is 26.1 Å². The molecule has 0 aliphatic heterocycles. The average Bonchev–Trinajstić information content (AvgIpc) is 3.16. The summed E-state index contributed by atoms with van der Waals surface area (Å²) in [5.41, 5.74) is 0.417. The third-order valence-corrected chi connectivity index (χ3v) is 4.12. The molecule has 0 unspecified atom stereocenters. The van der Waals surface area contributed by atoms with E-state index in [1.165, 1.54) is 16.9 Å². The van der Waals surface area contributed by atoms with Gasteiger partial charge < -0.3 is 5.32 Å². The van der Waals surface area contributed by atoms with Crippen LogP contribution in [0.2, 0.25) is 0 Å². The summed E-state index contributed by atoms with van der Waals surface area (Å²) in [7, 11) is 0. The van der Waals surface area contributed by atoms with Crippen LogP contribution < -0.4 is 5.32 Å². The van der Waals surface area contributed by atoms with Gasteiger partial charge in [0.2, 0.25) is 11.7 Å². The van der Waals surface area contributed by atoms with Crippen LogP contribution >= 0.6 is 0 Å². The van der Waals surface area contributed by atoms with E-state index in [0.29, 0.717) is 0 Å². The number of nitrogens with zero attached hydrogens (tertiary/aromatic N) is 4. The summed E-state index contributed by atoms with van der Waals surface area (Å²) < 4.78 is 38.5. The number of halogens is 3. The zero-order chi connectivity index (χ0) is 20.1. The van der Waals surface area contributed by atoms with Crippen molar-refractivity contribution in [2.24, 2.45) is 0 Å². The van der Waals surface area contributed by atoms with Gasteiger partial charge >= 0.3 is 6.18 Å². The molecule has 1 heterocycles. The number of rotatable bonds is 6. The van der Waals surface area contributed by atoms with Crippen molar-refractivity contribution in [1.29, 1.82) is 0 Å². The minimum absolute atomic E-state index is 0.0733. The molecule has 0 saturated carbocycles. The van der Waals surface area contributed by atoms with Crippen molar-refractivity contribution in [3.05, 3.63) is 65.7 Å². The number of tetrazole rings is 1. The molecule has 0 spiro atoms. The van der Waals surface area contributed by atoms with Crippen LogP contribution in [0.25, 0.3) is 11.4 Å². The van der Waals surface area contributed by atoms with Crippen molar-refractivity contribution in [3.8, 4) is 11.4 Å². The SMILES string of the molecule is C[C@@H](NC(=O)CCn1nnc(-c2cccc(C(F)(F)F)c2)n1)c1ccccc1. The second kappa shape index (κ2) is 8.20. The molecule has 1 aromatic heterocycles. The highest BCUT2D eigenvalue weighted by molar-refractivity contribution is 5.76. The van der Waals surface area contributed by atoms with Crippen molar-refractivity contribution in [2.75, 3.05) is 0 Å². The van der Waals surface area contributed by atoms with Gasteiger partial charge in [0, 0.05) is 12.0 Å². The second-order valence-corrected chi connectivity index (χ2v) is 6.24. The Bertz CT molecular complexity index is 940. The summed E-state index contributed by atoms with van der Waals surface area (Å²) >= 11 is 0. The van der Waals surface area contributed by atoms with Gasteiger partial charge in [-0.05, 0) is 29.8 Å². The van der Waals surface area contributed by atoms with E-state index in [1.807, 2.05) is 37.3 Å². The number of hydrogen-bond donors (Lipinski definition) is 1. The zero-order valence-corrected chi connectivity index (χ0v) is 15.0. The van der Waals surface area contributed by atoms with E-state index in [9.17, 15) is 18.0 Å². The lowest BCUT2D eigenvalue weighted by Gasteiger charge is -2.13. The van der Waals surface area contributed by atoms with Gasteiger partial charge in [-0.1, -0.05) is 42.5 Å². The summed E-state index contributed by atoms with van der Waals surface area (Å²) in [5.74, 6) is -0.113. The number of hydrogen-bond acceptors (Lipinski definition) is 4. The van der Waals surface area contributed by atoms with Crippen molar-refractivity contribution < 1.29 is 18.0 Å². The maximum atomic E-state index is 12.8. The minimum Gasteiger partial charge on any atom is -0.350 e. The molecule has 0 bridgehead atoms. The molecular weight excluding hydrogens is 371 g/mol. The Balaban J connectivity index is 1.58. The van der Waals surface area contributed by atoms with Gasteiger partial charge in [-0.15, -0.1) is 10.2 Å². The van der Waals surface area contributed by atoms with Crippen molar-refractivity contribution >= 4 is 5.91 Å². The molecule has 3 aromatic rings. The molecular formula is C19H18F3N5O. The predicted molar refractivity (Wildman–Crippen MR) is 95.9 cm³/mol. The van der Waals surface area contributed by atoms with Gasteiger partial charge in [0.1, 0.15) is 0 Å². The van der Waals surface area contributed by atoms with E-state index in [0.717, 1.165) is 17.7 Å². The van der Waals surface area contributed by atoms with Gasteiger partial charge in [0.15, 0.2) is 0 Å². The normalized spacial score (nSPS) is 12.6. The molecule has 6 nitrogen and oxygen atoms in total. The molecule has 1 amide bonds. The number of carbonyl (C=O) groups is 1. The van der Waals surface area contributed by atoms with Gasteiger partial charge in [-0.25, -0.2) is 0 Å². The summed E-state index contributed by atoms with van der Waals surface area (Å²) in [6, 6.07) is 14.1. The Kier molecular flexibility index (Phi) is 5.72. The number of nitrogens with one attached hydrogen (secondary N) is 1. The smallest absolute Gasteiger partial charge is 0.350 e. The van der Waals surface area contributed by atoms with Gasteiger partial charge in [0.25, 0.3) is 0 Å². The van der Waals surface area contributed by atoms with E-state index in [2.05, 4.69) is 20.7 Å². The number of amides is 1. The number of alkyl halides is 3. The molecule has 28 heavy (non-hydrogen) atoms. The summed E-state index contributed by atoms with van der Waals surface area (Å²) in [6.45, 7) is 2.05. The maximum absolute atomic E-state index is 12.8. The number of aromatic nitrogens is 4. The van der Waals surface area contributed by atoms with E-state index in [1.54, 1.807) is 0 Å². The quantitative estimate of drug-likeness (QED) is 0.699. The first-order valence-corrected chi connectivity index (χ1v) is 8.62. The van der Waals surface area contributed by atoms with Crippen LogP contribution in [0.1, 0.15) is 30.5 Å².